The van der Waals surface area contributed by atoms with E-state index in [2.05, 4.69) is 10.6 Å². The lowest BCUT2D eigenvalue weighted by molar-refractivity contribution is -0.131. The van der Waals surface area contributed by atoms with Crippen molar-refractivity contribution >= 4 is 52.9 Å². The van der Waals surface area contributed by atoms with Crippen LogP contribution in [-0.2, 0) is 9.59 Å². The van der Waals surface area contributed by atoms with Gasteiger partial charge in [-0.3, -0.25) is 14.9 Å². The third-order valence-corrected chi connectivity index (χ3v) is 3.82. The highest BCUT2D eigenvalue weighted by atomic mass is 35.5. The number of hydrogen-bond donors (Lipinski definition) is 4. The molecule has 30 heavy (non-hydrogen) atoms. The van der Waals surface area contributed by atoms with E-state index in [0.717, 1.165) is 6.08 Å². The van der Waals surface area contributed by atoms with Gasteiger partial charge in [-0.15, -0.1) is 0 Å². The van der Waals surface area contributed by atoms with Gasteiger partial charge in [0.25, 0.3) is 5.91 Å². The highest BCUT2D eigenvalue weighted by Gasteiger charge is 2.18. The number of anilines is 2. The fourth-order valence-corrected chi connectivity index (χ4v) is 2.51. The predicted octanol–water partition coefficient (Wildman–Crippen LogP) is 3.64. The van der Waals surface area contributed by atoms with Crippen LogP contribution >= 0.6 is 11.6 Å². The Morgan fingerprint density at radius 3 is 2.33 bits per heavy atom. The highest BCUT2D eigenvalue weighted by molar-refractivity contribution is 6.34. The zero-order valence-electron chi connectivity index (χ0n) is 15.3. The summed E-state index contributed by atoms with van der Waals surface area (Å²) in [6.07, 6.45) is 2.01. The largest absolute Gasteiger partial charge is 0.478 e. The minimum Gasteiger partial charge on any atom is -0.478 e. The van der Waals surface area contributed by atoms with Crippen LogP contribution in [0.2, 0.25) is 5.02 Å². The molecular formula is C19H14ClF2N3O5. The van der Waals surface area contributed by atoms with Crippen LogP contribution < -0.4 is 16.0 Å². The van der Waals surface area contributed by atoms with Crippen molar-refractivity contribution in [2.24, 2.45) is 0 Å². The average molecular weight is 438 g/mol. The molecule has 4 N–H and O–H groups in total. The van der Waals surface area contributed by atoms with Gasteiger partial charge in [0.05, 0.1) is 16.3 Å². The van der Waals surface area contributed by atoms with E-state index >= 15 is 0 Å². The summed E-state index contributed by atoms with van der Waals surface area (Å²) in [6, 6.07) is 4.30. The number of hydrogen-bond acceptors (Lipinski definition) is 4. The molecular weight excluding hydrogens is 424 g/mol. The Labute approximate surface area is 173 Å². The first-order valence-electron chi connectivity index (χ1n) is 8.16. The highest BCUT2D eigenvalue weighted by Crippen LogP contribution is 2.23. The average Bonchev–Trinajstić information content (AvgIpc) is 2.63. The fraction of sp³-hybridized carbons (Fsp3) is 0.0526. The number of nitrogens with one attached hydrogen (secondary N) is 3. The van der Waals surface area contributed by atoms with Crippen molar-refractivity contribution in [2.75, 3.05) is 10.6 Å². The van der Waals surface area contributed by atoms with Crippen molar-refractivity contribution < 1.29 is 33.1 Å². The number of carboxylic acid groups (broad SMARTS) is 1. The van der Waals surface area contributed by atoms with Gasteiger partial charge in [-0.2, -0.15) is 0 Å². The van der Waals surface area contributed by atoms with Gasteiger partial charge in [-0.05, 0) is 35.9 Å². The zero-order chi connectivity index (χ0) is 22.4. The topological polar surface area (TPSA) is 125 Å². The molecule has 0 saturated heterocycles. The van der Waals surface area contributed by atoms with Crippen LogP contribution in [0.3, 0.4) is 0 Å². The van der Waals surface area contributed by atoms with E-state index in [4.69, 9.17) is 16.7 Å². The summed E-state index contributed by atoms with van der Waals surface area (Å²) in [7, 11) is 0. The maximum absolute atomic E-state index is 13.4. The molecule has 11 heteroatoms. The maximum atomic E-state index is 13.4. The lowest BCUT2D eigenvalue weighted by Gasteiger charge is -2.12. The molecule has 0 saturated carbocycles. The van der Waals surface area contributed by atoms with Gasteiger partial charge in [0.2, 0.25) is 5.91 Å². The number of benzene rings is 2. The standard InChI is InChI=1S/C19H14ClF2N3O5/c1-9(26)23-11-4-2-10(3-5-17(27)28)16(6-11)24-19(30)25-18(29)12-7-14(21)15(22)8-13(12)20/h2-8H,1H3,(H,23,26)(H,27,28)(H2,24,25,29,30). The van der Waals surface area contributed by atoms with Crippen LogP contribution in [0, 0.1) is 11.6 Å². The molecule has 0 unspecified atom stereocenters. The first kappa shape index (κ1) is 22.5. The van der Waals surface area contributed by atoms with Crippen molar-refractivity contribution in [3.05, 3.63) is 64.2 Å². The van der Waals surface area contributed by atoms with Crippen molar-refractivity contribution in [1.82, 2.24) is 5.32 Å². The minimum atomic E-state index is -1.32. The molecule has 0 aromatic heterocycles. The second kappa shape index (κ2) is 9.61. The van der Waals surface area contributed by atoms with Gasteiger partial charge in [0.1, 0.15) is 0 Å². The number of halogens is 3. The SMILES string of the molecule is CC(=O)Nc1ccc(C=CC(=O)O)c(NC(=O)NC(=O)c2cc(F)c(F)cc2Cl)c1. The molecule has 2 aromatic rings. The number of amides is 4. The number of imide groups is 1. The molecule has 0 fully saturated rings. The maximum Gasteiger partial charge on any atom is 0.328 e. The third-order valence-electron chi connectivity index (χ3n) is 3.51. The van der Waals surface area contributed by atoms with E-state index in [1.54, 1.807) is 0 Å². The second-order valence-electron chi connectivity index (χ2n) is 5.81. The van der Waals surface area contributed by atoms with Crippen molar-refractivity contribution in [3.8, 4) is 0 Å². The second-order valence-corrected chi connectivity index (χ2v) is 6.22. The van der Waals surface area contributed by atoms with Gasteiger partial charge in [-0.25, -0.2) is 18.4 Å². The normalized spacial score (nSPS) is 10.5. The van der Waals surface area contributed by atoms with Crippen LogP contribution in [0.15, 0.2) is 36.4 Å². The van der Waals surface area contributed by atoms with E-state index in [-0.39, 0.29) is 17.2 Å². The van der Waals surface area contributed by atoms with Gasteiger partial charge in [0, 0.05) is 18.7 Å². The molecule has 0 bridgehead atoms. The van der Waals surface area contributed by atoms with E-state index in [9.17, 15) is 28.0 Å². The molecule has 156 valence electrons. The van der Waals surface area contributed by atoms with E-state index in [0.29, 0.717) is 17.8 Å². The number of carboxylic acids is 1. The van der Waals surface area contributed by atoms with Crippen LogP contribution in [0.25, 0.3) is 6.08 Å². The van der Waals surface area contributed by atoms with Gasteiger partial charge < -0.3 is 15.7 Å². The molecule has 0 aliphatic heterocycles. The fourth-order valence-electron chi connectivity index (χ4n) is 2.27. The summed E-state index contributed by atoms with van der Waals surface area (Å²) in [6.45, 7) is 1.27. The summed E-state index contributed by atoms with van der Waals surface area (Å²) in [5.41, 5.74) is 0.129. The molecule has 0 heterocycles. The van der Waals surface area contributed by atoms with E-state index < -0.39 is 40.1 Å². The quantitative estimate of drug-likeness (QED) is 0.420. The lowest BCUT2D eigenvalue weighted by Crippen LogP contribution is -2.34. The summed E-state index contributed by atoms with van der Waals surface area (Å²) in [5.74, 6) is -5.31. The molecule has 4 amide bonds. The smallest absolute Gasteiger partial charge is 0.328 e. The summed E-state index contributed by atoms with van der Waals surface area (Å²) in [5, 5.41) is 15.1. The molecule has 2 rings (SSSR count). The van der Waals surface area contributed by atoms with Crippen LogP contribution in [-0.4, -0.2) is 28.9 Å². The lowest BCUT2D eigenvalue weighted by atomic mass is 10.1. The Balaban J connectivity index is 2.25. The van der Waals surface area contributed by atoms with Gasteiger partial charge in [0.15, 0.2) is 11.6 Å². The Kier molecular flexibility index (Phi) is 7.21. The van der Waals surface area contributed by atoms with Gasteiger partial charge in [-0.1, -0.05) is 17.7 Å². The molecule has 0 aliphatic rings. The van der Waals surface area contributed by atoms with E-state index in [1.165, 1.54) is 31.2 Å². The molecule has 0 aliphatic carbocycles. The first-order chi connectivity index (χ1) is 14.1. The number of carbonyl (C=O) groups excluding carboxylic acids is 3. The number of urea groups is 1. The monoisotopic (exact) mass is 437 g/mol. The Morgan fingerprint density at radius 1 is 1.03 bits per heavy atom. The zero-order valence-corrected chi connectivity index (χ0v) is 16.0. The van der Waals surface area contributed by atoms with Crippen molar-refractivity contribution in [1.29, 1.82) is 0 Å². The van der Waals surface area contributed by atoms with Crippen molar-refractivity contribution in [2.45, 2.75) is 6.92 Å². The van der Waals surface area contributed by atoms with Crippen LogP contribution in [0.4, 0.5) is 25.0 Å². The Hall–Kier alpha value is -3.79. The Morgan fingerprint density at radius 2 is 1.70 bits per heavy atom. The van der Waals surface area contributed by atoms with Gasteiger partial charge >= 0.3 is 12.0 Å². The number of aliphatic carboxylic acids is 1. The van der Waals surface area contributed by atoms with Crippen molar-refractivity contribution in [3.63, 3.8) is 0 Å². The van der Waals surface area contributed by atoms with E-state index in [1.807, 2.05) is 5.32 Å². The first-order valence-corrected chi connectivity index (χ1v) is 8.54. The van der Waals surface area contributed by atoms with Crippen LogP contribution in [0.5, 0.6) is 0 Å². The van der Waals surface area contributed by atoms with Crippen LogP contribution in [0.1, 0.15) is 22.8 Å². The summed E-state index contributed by atoms with van der Waals surface area (Å²) < 4.78 is 26.5. The molecule has 0 spiro atoms. The molecule has 2 aromatic carbocycles. The number of rotatable bonds is 5. The summed E-state index contributed by atoms with van der Waals surface area (Å²) in [4.78, 5) is 46.3. The molecule has 0 radical (unpaired) electrons. The Bertz CT molecular complexity index is 1070. The third kappa shape index (κ3) is 6.11. The number of carbonyl (C=O) groups is 4. The predicted molar refractivity (Wildman–Crippen MR) is 105 cm³/mol. The molecule has 0 atom stereocenters. The molecule has 8 nitrogen and oxygen atoms in total. The summed E-state index contributed by atoms with van der Waals surface area (Å²) >= 11 is 5.70. The minimum absolute atomic E-state index is 0.0560.